The van der Waals surface area contributed by atoms with E-state index in [2.05, 4.69) is 33.1 Å². The molecule has 0 aromatic heterocycles. The third kappa shape index (κ3) is 5.87. The number of amidine groups is 1. The molecular weight excluding hydrogens is 350 g/mol. The highest BCUT2D eigenvalue weighted by Crippen LogP contribution is 2.24. The second kappa shape index (κ2) is 9.38. The number of carbonyl (C=O) groups is 2. The van der Waals surface area contributed by atoms with E-state index >= 15 is 0 Å². The summed E-state index contributed by atoms with van der Waals surface area (Å²) in [5.74, 6) is -1.48. The maximum Gasteiger partial charge on any atom is 0.329 e. The fourth-order valence-corrected chi connectivity index (χ4v) is 3.15. The molecule has 26 heavy (non-hydrogen) atoms. The van der Waals surface area contributed by atoms with Gasteiger partial charge in [0.05, 0.1) is 12.3 Å². The van der Waals surface area contributed by atoms with Crippen LogP contribution >= 0.6 is 11.8 Å². The maximum atomic E-state index is 11.7. The van der Waals surface area contributed by atoms with Gasteiger partial charge in [0.25, 0.3) is 0 Å². The largest absolute Gasteiger partial charge is 0.346 e. The van der Waals surface area contributed by atoms with E-state index in [1.54, 1.807) is 32.5 Å². The van der Waals surface area contributed by atoms with Gasteiger partial charge in [-0.15, -0.1) is 0 Å². The molecule has 1 aliphatic heterocycles. The fraction of sp³-hybridized carbons (Fsp3) is 0.444. The van der Waals surface area contributed by atoms with Crippen molar-refractivity contribution >= 4 is 40.1 Å². The smallest absolute Gasteiger partial charge is 0.329 e. The quantitative estimate of drug-likeness (QED) is 0.418. The zero-order valence-corrected chi connectivity index (χ0v) is 16.3. The normalized spacial score (nSPS) is 17.0. The number of nitrogens with zero attached hydrogens (tertiary/aromatic N) is 2. The molecule has 7 nitrogen and oxygen atoms in total. The average Bonchev–Trinajstić information content (AvgIpc) is 3.07. The molecule has 2 amide bonds. The zero-order valence-electron chi connectivity index (χ0n) is 15.5. The van der Waals surface area contributed by atoms with Crippen LogP contribution in [0.25, 0.3) is 0 Å². The first-order chi connectivity index (χ1) is 12.4. The summed E-state index contributed by atoms with van der Waals surface area (Å²) in [4.78, 5) is 27.7. The van der Waals surface area contributed by atoms with Gasteiger partial charge in [-0.3, -0.25) is 14.6 Å². The van der Waals surface area contributed by atoms with Crippen molar-refractivity contribution in [1.82, 2.24) is 10.7 Å². The van der Waals surface area contributed by atoms with Gasteiger partial charge in [0.2, 0.25) is 0 Å². The van der Waals surface area contributed by atoms with Gasteiger partial charge in [0, 0.05) is 17.0 Å². The molecule has 1 atom stereocenters. The van der Waals surface area contributed by atoms with Gasteiger partial charge in [0.15, 0.2) is 5.17 Å². The van der Waals surface area contributed by atoms with E-state index in [0.717, 1.165) is 29.4 Å². The van der Waals surface area contributed by atoms with Gasteiger partial charge < -0.3 is 10.6 Å². The van der Waals surface area contributed by atoms with Crippen molar-refractivity contribution in [3.05, 3.63) is 29.8 Å². The maximum absolute atomic E-state index is 11.7. The van der Waals surface area contributed by atoms with Crippen LogP contribution < -0.4 is 16.1 Å². The number of anilines is 1. The third-order valence-corrected chi connectivity index (χ3v) is 4.95. The number of hydrogen-bond acceptors (Lipinski definition) is 6. The Labute approximate surface area is 158 Å². The number of carbonyl (C=O) groups excluding carboxylic acids is 2. The molecular formula is C18H25N5O2S. The number of nitrogens with one attached hydrogen (secondary N) is 3. The van der Waals surface area contributed by atoms with Crippen LogP contribution in [-0.2, 0) is 9.59 Å². The van der Waals surface area contributed by atoms with Crippen molar-refractivity contribution in [2.75, 3.05) is 11.9 Å². The lowest BCUT2D eigenvalue weighted by molar-refractivity contribution is -0.139. The Morgan fingerprint density at radius 2 is 1.96 bits per heavy atom. The first-order valence-corrected chi connectivity index (χ1v) is 9.50. The number of thioether (sulfide) groups is 1. The predicted octanol–water partition coefficient (Wildman–Crippen LogP) is 2.34. The molecule has 2 rings (SSSR count). The molecule has 140 valence electrons. The first kappa shape index (κ1) is 20.0. The van der Waals surface area contributed by atoms with E-state index in [9.17, 15) is 9.59 Å². The Balaban J connectivity index is 1.90. The molecule has 1 aromatic rings. The summed E-state index contributed by atoms with van der Waals surface area (Å²) >= 11 is 1.76. The molecule has 0 radical (unpaired) electrons. The molecule has 0 aliphatic carbocycles. The molecule has 1 heterocycles. The van der Waals surface area contributed by atoms with Crippen molar-refractivity contribution in [3.63, 3.8) is 0 Å². The Morgan fingerprint density at radius 3 is 2.54 bits per heavy atom. The predicted molar refractivity (Wildman–Crippen MR) is 108 cm³/mol. The lowest BCUT2D eigenvalue weighted by Crippen LogP contribution is -2.41. The van der Waals surface area contributed by atoms with Crippen molar-refractivity contribution in [2.45, 2.75) is 45.4 Å². The van der Waals surface area contributed by atoms with E-state index in [1.165, 1.54) is 0 Å². The van der Waals surface area contributed by atoms with Crippen LogP contribution in [0.4, 0.5) is 5.69 Å². The standard InChI is InChI=1S/C18H25N5O2S/c1-5-15-10-19-18(26-15)21-14-8-6-13(7-9-14)12(4)22-23-17(25)16(24)20-11(2)3/h6-9,11,15H,5,10H2,1-4H3,(H,19,21)(H,20,24)(H,23,25)/b22-12-/t15-/m1/s1. The van der Waals surface area contributed by atoms with Gasteiger partial charge in [-0.05, 0) is 44.9 Å². The van der Waals surface area contributed by atoms with Crippen molar-refractivity contribution in [2.24, 2.45) is 10.1 Å². The Bertz CT molecular complexity index is 713. The van der Waals surface area contributed by atoms with E-state index < -0.39 is 11.8 Å². The summed E-state index contributed by atoms with van der Waals surface area (Å²) in [6.07, 6.45) is 1.11. The summed E-state index contributed by atoms with van der Waals surface area (Å²) < 4.78 is 0. The number of aliphatic imine (C=N–C) groups is 1. The molecule has 0 saturated heterocycles. The molecule has 8 heteroatoms. The Morgan fingerprint density at radius 1 is 1.27 bits per heavy atom. The molecule has 0 saturated carbocycles. The summed E-state index contributed by atoms with van der Waals surface area (Å²) in [7, 11) is 0. The second-order valence-electron chi connectivity index (χ2n) is 6.26. The highest BCUT2D eigenvalue weighted by atomic mass is 32.2. The molecule has 0 fully saturated rings. The number of amides is 2. The molecule has 0 unspecified atom stereocenters. The van der Waals surface area contributed by atoms with Crippen LogP contribution in [0.5, 0.6) is 0 Å². The van der Waals surface area contributed by atoms with Gasteiger partial charge in [0.1, 0.15) is 0 Å². The number of hydrazone groups is 1. The Kier molecular flexibility index (Phi) is 7.20. The van der Waals surface area contributed by atoms with E-state index in [1.807, 2.05) is 24.3 Å². The minimum absolute atomic E-state index is 0.103. The topological polar surface area (TPSA) is 94.9 Å². The molecule has 1 aliphatic rings. The minimum atomic E-state index is -0.780. The van der Waals surface area contributed by atoms with Crippen molar-refractivity contribution < 1.29 is 9.59 Å². The van der Waals surface area contributed by atoms with Gasteiger partial charge in [-0.1, -0.05) is 30.8 Å². The van der Waals surface area contributed by atoms with Crippen LogP contribution in [0.2, 0.25) is 0 Å². The minimum Gasteiger partial charge on any atom is -0.346 e. The molecule has 0 bridgehead atoms. The monoisotopic (exact) mass is 375 g/mol. The van der Waals surface area contributed by atoms with E-state index in [4.69, 9.17) is 0 Å². The lowest BCUT2D eigenvalue weighted by atomic mass is 10.1. The molecule has 3 N–H and O–H groups in total. The summed E-state index contributed by atoms with van der Waals surface area (Å²) in [5, 5.41) is 11.3. The SMILES string of the molecule is CC[C@@H]1CN=C(Nc2ccc(/C(C)=N\NC(=O)C(=O)NC(C)C)cc2)S1. The first-order valence-electron chi connectivity index (χ1n) is 8.62. The van der Waals surface area contributed by atoms with Crippen LogP contribution in [0.15, 0.2) is 34.4 Å². The highest BCUT2D eigenvalue weighted by Gasteiger charge is 2.17. The van der Waals surface area contributed by atoms with Crippen molar-refractivity contribution in [1.29, 1.82) is 0 Å². The highest BCUT2D eigenvalue weighted by molar-refractivity contribution is 8.15. The van der Waals surface area contributed by atoms with Crippen LogP contribution in [0, 0.1) is 0 Å². The van der Waals surface area contributed by atoms with E-state index in [-0.39, 0.29) is 6.04 Å². The fourth-order valence-electron chi connectivity index (χ4n) is 2.19. The van der Waals surface area contributed by atoms with Crippen LogP contribution in [-0.4, -0.2) is 40.5 Å². The second-order valence-corrected chi connectivity index (χ2v) is 7.55. The number of rotatable bonds is 5. The van der Waals surface area contributed by atoms with Gasteiger partial charge in [-0.2, -0.15) is 5.10 Å². The van der Waals surface area contributed by atoms with Crippen LogP contribution in [0.3, 0.4) is 0 Å². The summed E-state index contributed by atoms with van der Waals surface area (Å²) in [6, 6.07) is 7.57. The van der Waals surface area contributed by atoms with Gasteiger partial charge in [-0.25, -0.2) is 5.43 Å². The number of hydrogen-bond donors (Lipinski definition) is 3. The lowest BCUT2D eigenvalue weighted by Gasteiger charge is -2.09. The average molecular weight is 375 g/mol. The molecule has 0 spiro atoms. The number of benzene rings is 1. The Hall–Kier alpha value is -2.35. The van der Waals surface area contributed by atoms with Crippen molar-refractivity contribution in [3.8, 4) is 0 Å². The van der Waals surface area contributed by atoms with Crippen LogP contribution in [0.1, 0.15) is 39.7 Å². The van der Waals surface area contributed by atoms with E-state index in [0.29, 0.717) is 11.0 Å². The summed E-state index contributed by atoms with van der Waals surface area (Å²) in [6.45, 7) is 8.36. The molecule has 1 aromatic carbocycles. The van der Waals surface area contributed by atoms with Gasteiger partial charge >= 0.3 is 11.8 Å². The zero-order chi connectivity index (χ0) is 19.1. The summed E-state index contributed by atoms with van der Waals surface area (Å²) in [5.41, 5.74) is 4.68. The third-order valence-electron chi connectivity index (χ3n) is 3.68.